The Morgan fingerprint density at radius 2 is 2.05 bits per heavy atom. The highest BCUT2D eigenvalue weighted by Gasteiger charge is 2.16. The van der Waals surface area contributed by atoms with Crippen molar-refractivity contribution in [1.29, 1.82) is 0 Å². The maximum atomic E-state index is 12.2. The minimum Gasteiger partial charge on any atom is -0.319 e. The highest BCUT2D eigenvalue weighted by atomic mass is 79.9. The van der Waals surface area contributed by atoms with Gasteiger partial charge in [-0.3, -0.25) is 9.48 Å². The Balaban J connectivity index is 2.26. The summed E-state index contributed by atoms with van der Waals surface area (Å²) < 4.78 is 2.61. The van der Waals surface area contributed by atoms with Crippen LogP contribution >= 0.6 is 15.9 Å². The van der Waals surface area contributed by atoms with Gasteiger partial charge < -0.3 is 5.32 Å². The third-order valence-corrected chi connectivity index (χ3v) is 3.51. The largest absolute Gasteiger partial charge is 0.319 e. The zero-order chi connectivity index (χ0) is 14.9. The maximum Gasteiger partial charge on any atom is 0.257 e. The predicted molar refractivity (Wildman–Crippen MR) is 82.0 cm³/mol. The lowest BCUT2D eigenvalue weighted by atomic mass is 10.2. The molecule has 0 aliphatic carbocycles. The quantitative estimate of drug-likeness (QED) is 0.872. The highest BCUT2D eigenvalue weighted by molar-refractivity contribution is 9.10. The Hall–Kier alpha value is -1.69. The molecule has 2 aromatic heterocycles. The first-order valence-electron chi connectivity index (χ1n) is 6.38. The second-order valence-corrected chi connectivity index (χ2v) is 5.72. The molecule has 0 saturated carbocycles. The third-order valence-electron chi connectivity index (χ3n) is 3.04. The van der Waals surface area contributed by atoms with Crippen LogP contribution in [0.3, 0.4) is 0 Å². The number of rotatable bonds is 3. The number of hydrogen-bond donors (Lipinski definition) is 1. The summed E-state index contributed by atoms with van der Waals surface area (Å²) in [6.07, 6.45) is 1.54. The Morgan fingerprint density at radius 3 is 2.55 bits per heavy atom. The normalized spacial score (nSPS) is 10.9. The second-order valence-electron chi connectivity index (χ2n) is 4.91. The summed E-state index contributed by atoms with van der Waals surface area (Å²) in [6, 6.07) is 3.73. The molecule has 1 N–H and O–H groups in total. The van der Waals surface area contributed by atoms with Crippen LogP contribution in [0.15, 0.2) is 22.9 Å². The fourth-order valence-corrected chi connectivity index (χ4v) is 2.28. The number of anilines is 1. The molecule has 0 aliphatic heterocycles. The van der Waals surface area contributed by atoms with Crippen LogP contribution in [0, 0.1) is 13.8 Å². The Bertz CT molecular complexity index is 631. The SMILES string of the molecule is Cc1nn(C(C)C)c(C)c1NC(=O)c1ccc(Br)nc1. The van der Waals surface area contributed by atoms with Crippen LogP contribution in [-0.4, -0.2) is 20.7 Å². The van der Waals surface area contributed by atoms with E-state index in [1.54, 1.807) is 12.1 Å². The monoisotopic (exact) mass is 336 g/mol. The minimum atomic E-state index is -0.181. The van der Waals surface area contributed by atoms with Crippen molar-refractivity contribution >= 4 is 27.5 Å². The van der Waals surface area contributed by atoms with Crippen LogP contribution < -0.4 is 5.32 Å². The number of amides is 1. The van der Waals surface area contributed by atoms with Crippen molar-refractivity contribution in [1.82, 2.24) is 14.8 Å². The molecule has 0 unspecified atom stereocenters. The van der Waals surface area contributed by atoms with E-state index < -0.39 is 0 Å². The Kier molecular flexibility index (Phi) is 4.23. The van der Waals surface area contributed by atoms with E-state index in [0.717, 1.165) is 17.1 Å². The molecule has 2 rings (SSSR count). The van der Waals surface area contributed by atoms with E-state index in [0.29, 0.717) is 10.2 Å². The van der Waals surface area contributed by atoms with Gasteiger partial charge in [0.25, 0.3) is 5.91 Å². The van der Waals surface area contributed by atoms with E-state index in [4.69, 9.17) is 0 Å². The summed E-state index contributed by atoms with van der Waals surface area (Å²) in [7, 11) is 0. The molecular weight excluding hydrogens is 320 g/mol. The third kappa shape index (κ3) is 2.90. The van der Waals surface area contributed by atoms with Gasteiger partial charge in [0, 0.05) is 12.2 Å². The van der Waals surface area contributed by atoms with Gasteiger partial charge in [-0.05, 0) is 55.8 Å². The summed E-state index contributed by atoms with van der Waals surface area (Å²) in [5, 5.41) is 7.36. The van der Waals surface area contributed by atoms with E-state index in [2.05, 4.69) is 45.2 Å². The zero-order valence-electron chi connectivity index (χ0n) is 11.9. The number of nitrogens with zero attached hydrogens (tertiary/aromatic N) is 3. The van der Waals surface area contributed by atoms with Crippen LogP contribution in [0.1, 0.15) is 41.6 Å². The Labute approximate surface area is 126 Å². The van der Waals surface area contributed by atoms with Gasteiger partial charge in [-0.25, -0.2) is 4.98 Å². The van der Waals surface area contributed by atoms with E-state index in [1.165, 1.54) is 6.20 Å². The van der Waals surface area contributed by atoms with E-state index in [9.17, 15) is 4.79 Å². The first-order valence-corrected chi connectivity index (χ1v) is 7.18. The lowest BCUT2D eigenvalue weighted by molar-refractivity contribution is 0.102. The van der Waals surface area contributed by atoms with Gasteiger partial charge in [-0.15, -0.1) is 0 Å². The molecule has 2 heterocycles. The highest BCUT2D eigenvalue weighted by Crippen LogP contribution is 2.23. The summed E-state index contributed by atoms with van der Waals surface area (Å²) in [6.45, 7) is 7.96. The lowest BCUT2D eigenvalue weighted by Crippen LogP contribution is -2.13. The predicted octanol–water partition coefficient (Wildman–Crippen LogP) is 3.49. The number of carbonyl (C=O) groups is 1. The van der Waals surface area contributed by atoms with Crippen LogP contribution in [0.25, 0.3) is 0 Å². The van der Waals surface area contributed by atoms with Gasteiger partial charge >= 0.3 is 0 Å². The smallest absolute Gasteiger partial charge is 0.257 e. The molecule has 0 atom stereocenters. The van der Waals surface area contributed by atoms with Crippen molar-refractivity contribution in [2.45, 2.75) is 33.7 Å². The maximum absolute atomic E-state index is 12.2. The number of halogens is 1. The van der Waals surface area contributed by atoms with Crippen molar-refractivity contribution in [3.63, 3.8) is 0 Å². The number of aryl methyl sites for hydroxylation is 1. The topological polar surface area (TPSA) is 59.8 Å². The number of nitrogens with one attached hydrogen (secondary N) is 1. The van der Waals surface area contributed by atoms with Gasteiger partial charge in [-0.1, -0.05) is 0 Å². The van der Waals surface area contributed by atoms with Crippen molar-refractivity contribution in [2.24, 2.45) is 0 Å². The zero-order valence-corrected chi connectivity index (χ0v) is 13.5. The molecule has 5 nitrogen and oxygen atoms in total. The first kappa shape index (κ1) is 14.7. The standard InChI is InChI=1S/C14H17BrN4O/c1-8(2)19-10(4)13(9(3)18-19)17-14(20)11-5-6-12(15)16-7-11/h5-8H,1-4H3,(H,17,20). The van der Waals surface area contributed by atoms with Crippen LogP contribution in [0.2, 0.25) is 0 Å². The van der Waals surface area contributed by atoms with Crippen molar-refractivity contribution in [3.8, 4) is 0 Å². The molecule has 20 heavy (non-hydrogen) atoms. The van der Waals surface area contributed by atoms with Gasteiger partial charge in [0.1, 0.15) is 4.60 Å². The number of pyridine rings is 1. The molecular formula is C14H17BrN4O. The Morgan fingerprint density at radius 1 is 1.35 bits per heavy atom. The van der Waals surface area contributed by atoms with E-state index in [1.807, 2.05) is 18.5 Å². The molecule has 0 saturated heterocycles. The average Bonchev–Trinajstić information content (AvgIpc) is 2.67. The molecule has 0 aromatic carbocycles. The van der Waals surface area contributed by atoms with Crippen LogP contribution in [-0.2, 0) is 0 Å². The molecule has 0 radical (unpaired) electrons. The van der Waals surface area contributed by atoms with Gasteiger partial charge in [-0.2, -0.15) is 5.10 Å². The van der Waals surface area contributed by atoms with E-state index >= 15 is 0 Å². The summed E-state index contributed by atoms with van der Waals surface area (Å²) in [5.41, 5.74) is 3.06. The van der Waals surface area contributed by atoms with Gasteiger partial charge in [0.05, 0.1) is 22.6 Å². The lowest BCUT2D eigenvalue weighted by Gasteiger charge is -2.09. The van der Waals surface area contributed by atoms with Crippen LogP contribution in [0.4, 0.5) is 5.69 Å². The summed E-state index contributed by atoms with van der Waals surface area (Å²) in [5.74, 6) is -0.181. The molecule has 0 spiro atoms. The number of aromatic nitrogens is 3. The average molecular weight is 337 g/mol. The molecule has 2 aromatic rings. The van der Waals surface area contributed by atoms with E-state index in [-0.39, 0.29) is 11.9 Å². The van der Waals surface area contributed by atoms with Crippen LogP contribution in [0.5, 0.6) is 0 Å². The van der Waals surface area contributed by atoms with Crippen molar-refractivity contribution in [2.75, 3.05) is 5.32 Å². The van der Waals surface area contributed by atoms with Crippen molar-refractivity contribution < 1.29 is 4.79 Å². The van der Waals surface area contributed by atoms with Gasteiger partial charge in [0.15, 0.2) is 0 Å². The fourth-order valence-electron chi connectivity index (χ4n) is 2.04. The van der Waals surface area contributed by atoms with Crippen molar-refractivity contribution in [3.05, 3.63) is 39.9 Å². The molecule has 106 valence electrons. The first-order chi connectivity index (χ1) is 9.40. The van der Waals surface area contributed by atoms with Gasteiger partial charge in [0.2, 0.25) is 0 Å². The minimum absolute atomic E-state index is 0.181. The fraction of sp³-hybridized carbons (Fsp3) is 0.357. The summed E-state index contributed by atoms with van der Waals surface area (Å²) >= 11 is 3.25. The molecule has 1 amide bonds. The molecule has 0 fully saturated rings. The second kappa shape index (κ2) is 5.75. The molecule has 0 bridgehead atoms. The molecule has 0 aliphatic rings. The number of carbonyl (C=O) groups excluding carboxylic acids is 1. The summed E-state index contributed by atoms with van der Waals surface area (Å²) in [4.78, 5) is 16.3. The molecule has 6 heteroatoms. The number of hydrogen-bond acceptors (Lipinski definition) is 3.